The van der Waals surface area contributed by atoms with Gasteiger partial charge >= 0.3 is 0 Å². The van der Waals surface area contributed by atoms with Gasteiger partial charge in [0.2, 0.25) is 0 Å². The maximum atomic E-state index is 13.0. The number of carbonyl (C=O) groups excluding carboxylic acids is 1. The molecule has 40 heavy (non-hydrogen) atoms. The summed E-state index contributed by atoms with van der Waals surface area (Å²) in [6.07, 6.45) is 8.76. The molecule has 208 valence electrons. The standard InChI is InChI=1S/C32H35N3O4S/c1-21-10-13-25(14-11-21)40(37,38)34-24-12-15-27-28(32(36)33-29(27)20-24)19-23-18-22(2)31-26(23)8-5-6-9-30(31)39-17-7-16-35(3)4/h5-6,8-10,12-15,18-21,34H,7,11,16-17H2,1-4H3,(H,33,36)/b28-19+. The lowest BCUT2D eigenvalue weighted by molar-refractivity contribution is -0.110. The summed E-state index contributed by atoms with van der Waals surface area (Å²) in [6.45, 7) is 5.66. The van der Waals surface area contributed by atoms with Crippen LogP contribution >= 0.6 is 0 Å². The second kappa shape index (κ2) is 11.3. The van der Waals surface area contributed by atoms with Crippen LogP contribution in [0.4, 0.5) is 11.4 Å². The number of sulfonamides is 1. The largest absolute Gasteiger partial charge is 0.493 e. The van der Waals surface area contributed by atoms with E-state index in [2.05, 4.69) is 27.9 Å². The van der Waals surface area contributed by atoms with Crippen LogP contribution in [0.2, 0.25) is 0 Å². The molecule has 3 aliphatic carbocycles. The van der Waals surface area contributed by atoms with Crippen molar-refractivity contribution in [1.82, 2.24) is 4.90 Å². The zero-order valence-electron chi connectivity index (χ0n) is 23.3. The molecule has 1 aromatic rings. The summed E-state index contributed by atoms with van der Waals surface area (Å²) in [5.74, 6) is 0.915. The lowest BCUT2D eigenvalue weighted by atomic mass is 10.0. The monoisotopic (exact) mass is 557 g/mol. The number of carbonyl (C=O) groups is 1. The van der Waals surface area contributed by atoms with Gasteiger partial charge in [-0.05, 0) is 92.9 Å². The summed E-state index contributed by atoms with van der Waals surface area (Å²) < 4.78 is 34.6. The third-order valence-corrected chi connectivity index (χ3v) is 8.59. The Kier molecular flexibility index (Phi) is 7.83. The molecule has 0 spiro atoms. The molecule has 1 amide bonds. The molecule has 1 atom stereocenters. The number of hydrogen-bond donors (Lipinski definition) is 2. The van der Waals surface area contributed by atoms with E-state index in [1.807, 2.05) is 57.4 Å². The number of aryl methyl sites for hydroxylation is 1. The number of rotatable bonds is 9. The average molecular weight is 558 g/mol. The van der Waals surface area contributed by atoms with Crippen molar-refractivity contribution in [3.63, 3.8) is 0 Å². The van der Waals surface area contributed by atoms with Crippen LogP contribution in [0.3, 0.4) is 0 Å². The highest BCUT2D eigenvalue weighted by molar-refractivity contribution is 7.96. The molecule has 1 unspecified atom stereocenters. The number of nitrogens with one attached hydrogen (secondary N) is 2. The van der Waals surface area contributed by atoms with Crippen LogP contribution in [0.1, 0.15) is 36.5 Å². The molecule has 1 heterocycles. The van der Waals surface area contributed by atoms with Crippen LogP contribution in [0, 0.1) is 12.8 Å². The Morgan fingerprint density at radius 3 is 2.67 bits per heavy atom. The third-order valence-electron chi connectivity index (χ3n) is 7.17. The van der Waals surface area contributed by atoms with Crippen molar-refractivity contribution in [3.05, 3.63) is 88.4 Å². The second-order valence-corrected chi connectivity index (χ2v) is 12.4. The topological polar surface area (TPSA) is 87.7 Å². The Morgan fingerprint density at radius 2 is 1.93 bits per heavy atom. The summed E-state index contributed by atoms with van der Waals surface area (Å²) >= 11 is 0. The van der Waals surface area contributed by atoms with Crippen LogP contribution in [0.25, 0.3) is 22.8 Å². The number of nitrogens with zero attached hydrogens (tertiary/aromatic N) is 1. The number of allylic oxidation sites excluding steroid dienone is 3. The molecule has 1 aromatic carbocycles. The minimum atomic E-state index is -3.72. The molecule has 0 saturated heterocycles. The van der Waals surface area contributed by atoms with E-state index in [1.54, 1.807) is 30.4 Å². The Labute approximate surface area is 236 Å². The van der Waals surface area contributed by atoms with Gasteiger partial charge in [-0.1, -0.05) is 43.3 Å². The maximum Gasteiger partial charge on any atom is 0.261 e. The first kappa shape index (κ1) is 27.7. The van der Waals surface area contributed by atoms with Gasteiger partial charge in [-0.15, -0.1) is 0 Å². The van der Waals surface area contributed by atoms with Crippen LogP contribution in [-0.2, 0) is 14.8 Å². The number of benzene rings is 1. The van der Waals surface area contributed by atoms with Gasteiger partial charge in [-0.3, -0.25) is 9.52 Å². The van der Waals surface area contributed by atoms with Gasteiger partial charge in [0, 0.05) is 23.2 Å². The summed E-state index contributed by atoms with van der Waals surface area (Å²) in [4.78, 5) is 15.4. The van der Waals surface area contributed by atoms with E-state index in [9.17, 15) is 13.2 Å². The zero-order chi connectivity index (χ0) is 28.4. The van der Waals surface area contributed by atoms with Crippen molar-refractivity contribution in [2.24, 2.45) is 5.92 Å². The molecule has 0 radical (unpaired) electrons. The van der Waals surface area contributed by atoms with E-state index >= 15 is 0 Å². The lowest BCUT2D eigenvalue weighted by Crippen LogP contribution is -2.15. The highest BCUT2D eigenvalue weighted by Gasteiger charge is 2.27. The molecule has 0 bridgehead atoms. The van der Waals surface area contributed by atoms with Crippen LogP contribution in [-0.4, -0.2) is 46.5 Å². The van der Waals surface area contributed by atoms with E-state index in [4.69, 9.17) is 4.74 Å². The van der Waals surface area contributed by atoms with Crippen molar-refractivity contribution in [2.75, 3.05) is 37.3 Å². The van der Waals surface area contributed by atoms with Gasteiger partial charge in [0.25, 0.3) is 15.9 Å². The van der Waals surface area contributed by atoms with Gasteiger partial charge < -0.3 is 15.0 Å². The van der Waals surface area contributed by atoms with Gasteiger partial charge in [-0.25, -0.2) is 8.42 Å². The summed E-state index contributed by atoms with van der Waals surface area (Å²) in [7, 11) is 0.379. The predicted molar refractivity (Wildman–Crippen MR) is 163 cm³/mol. The highest BCUT2D eigenvalue weighted by atomic mass is 32.2. The van der Waals surface area contributed by atoms with E-state index in [0.29, 0.717) is 35.9 Å². The minimum Gasteiger partial charge on any atom is -0.493 e. The third kappa shape index (κ3) is 5.83. The van der Waals surface area contributed by atoms with Crippen LogP contribution in [0.15, 0.2) is 71.7 Å². The summed E-state index contributed by atoms with van der Waals surface area (Å²) in [6, 6.07) is 15.2. The number of amides is 1. The number of ether oxygens (including phenoxy) is 1. The van der Waals surface area contributed by atoms with E-state index in [-0.39, 0.29) is 10.8 Å². The average Bonchev–Trinajstić information content (AvgIpc) is 3.27. The van der Waals surface area contributed by atoms with Crippen LogP contribution in [0.5, 0.6) is 5.75 Å². The molecule has 2 N–H and O–H groups in total. The Hall–Kier alpha value is -3.88. The molecular weight excluding hydrogens is 522 g/mol. The molecule has 4 aliphatic rings. The van der Waals surface area contributed by atoms with Gasteiger partial charge in [0.15, 0.2) is 0 Å². The number of fused-ring (bicyclic) bond motifs is 2. The van der Waals surface area contributed by atoms with E-state index < -0.39 is 10.0 Å². The molecule has 0 fully saturated rings. The molecule has 7 nitrogen and oxygen atoms in total. The van der Waals surface area contributed by atoms with Crippen molar-refractivity contribution in [2.45, 2.75) is 26.7 Å². The van der Waals surface area contributed by atoms with Gasteiger partial charge in [-0.2, -0.15) is 0 Å². The maximum absolute atomic E-state index is 13.0. The smallest absolute Gasteiger partial charge is 0.261 e. The first-order valence-corrected chi connectivity index (χ1v) is 15.0. The van der Waals surface area contributed by atoms with E-state index in [0.717, 1.165) is 46.5 Å². The fourth-order valence-electron chi connectivity index (χ4n) is 5.11. The van der Waals surface area contributed by atoms with Crippen molar-refractivity contribution in [1.29, 1.82) is 0 Å². The number of hydrogen-bond acceptors (Lipinski definition) is 5. The van der Waals surface area contributed by atoms with Crippen LogP contribution < -0.4 is 14.8 Å². The molecule has 1 aliphatic heterocycles. The Balaban J connectivity index is 1.40. The highest BCUT2D eigenvalue weighted by Crippen LogP contribution is 2.42. The van der Waals surface area contributed by atoms with E-state index in [1.165, 1.54) is 0 Å². The predicted octanol–water partition coefficient (Wildman–Crippen LogP) is 6.14. The normalized spacial score (nSPS) is 17.7. The number of anilines is 2. The lowest BCUT2D eigenvalue weighted by Gasteiger charge is -2.14. The van der Waals surface area contributed by atoms with Crippen molar-refractivity contribution in [3.8, 4) is 16.9 Å². The SMILES string of the molecule is Cc1cc(/C=C2/C(=O)Nc3cc(NS(=O)(=O)C4=CCC(C)C=C4)ccc32)c2ccccc(OCCCN(C)C)c1-2. The van der Waals surface area contributed by atoms with Crippen molar-refractivity contribution < 1.29 is 17.9 Å². The minimum absolute atomic E-state index is 0.227. The summed E-state index contributed by atoms with van der Waals surface area (Å²) in [5, 5.41) is 2.90. The Bertz CT molecular complexity index is 1620. The van der Waals surface area contributed by atoms with Crippen molar-refractivity contribution >= 4 is 39.0 Å². The molecule has 0 aromatic heterocycles. The van der Waals surface area contributed by atoms with Gasteiger partial charge in [0.05, 0.1) is 22.9 Å². The fraction of sp³-hybridized carbons (Fsp3) is 0.281. The molecule has 0 saturated carbocycles. The molecule has 8 heteroatoms. The first-order chi connectivity index (χ1) is 19.1. The molecular formula is C32H35N3O4S. The molecule has 5 rings (SSSR count). The quantitative estimate of drug-likeness (QED) is 0.244. The Morgan fingerprint density at radius 1 is 1.12 bits per heavy atom. The van der Waals surface area contributed by atoms with Gasteiger partial charge in [0.1, 0.15) is 5.75 Å². The zero-order valence-corrected chi connectivity index (χ0v) is 24.1. The summed E-state index contributed by atoms with van der Waals surface area (Å²) in [5.41, 5.74) is 6.26. The second-order valence-electron chi connectivity index (χ2n) is 10.7. The first-order valence-electron chi connectivity index (χ1n) is 13.5. The fourth-order valence-corrected chi connectivity index (χ4v) is 6.23.